The molecule has 0 atom stereocenters. The Hall–Kier alpha value is -0.860. The largest absolute Gasteiger partial charge is 0.228 e. The zero-order chi connectivity index (χ0) is 9.90. The van der Waals surface area contributed by atoms with E-state index in [-0.39, 0.29) is 5.75 Å². The molecule has 2 N–H and O–H groups in total. The normalized spacial score (nSPS) is 18.5. The number of hydrogen-bond donors (Lipinski definition) is 1. The highest BCUT2D eigenvalue weighted by Crippen LogP contribution is 2.24. The molecule has 0 saturated heterocycles. The van der Waals surface area contributed by atoms with Gasteiger partial charge in [0, 0.05) is 5.57 Å². The number of hydrogen-bond acceptors (Lipinski definition) is 3. The maximum absolute atomic E-state index is 10.8. The molecule has 13 heavy (non-hydrogen) atoms. The van der Waals surface area contributed by atoms with E-state index in [1.165, 1.54) is 0 Å². The summed E-state index contributed by atoms with van der Waals surface area (Å²) < 4.78 is 21.6. The second-order valence-electron chi connectivity index (χ2n) is 3.21. The van der Waals surface area contributed by atoms with Gasteiger partial charge >= 0.3 is 0 Å². The SMILES string of the molecule is N#CC1=C(CS(N)(=O)=O)CCCC1. The molecule has 1 aliphatic rings. The lowest BCUT2D eigenvalue weighted by atomic mass is 9.94. The molecule has 4 nitrogen and oxygen atoms in total. The number of allylic oxidation sites excluding steroid dienone is 1. The van der Waals surface area contributed by atoms with Gasteiger partial charge in [0.05, 0.1) is 11.8 Å². The summed E-state index contributed by atoms with van der Waals surface area (Å²) in [6.07, 6.45) is 3.31. The Morgan fingerprint density at radius 2 is 2.00 bits per heavy atom. The van der Waals surface area contributed by atoms with Crippen LogP contribution in [0.3, 0.4) is 0 Å². The first-order valence-electron chi connectivity index (χ1n) is 4.14. The van der Waals surface area contributed by atoms with Crippen molar-refractivity contribution in [2.45, 2.75) is 25.7 Å². The summed E-state index contributed by atoms with van der Waals surface area (Å²) >= 11 is 0. The van der Waals surface area contributed by atoms with Crippen LogP contribution in [0.1, 0.15) is 25.7 Å². The van der Waals surface area contributed by atoms with Gasteiger partial charge in [0.1, 0.15) is 0 Å². The molecule has 72 valence electrons. The summed E-state index contributed by atoms with van der Waals surface area (Å²) in [6, 6.07) is 2.04. The van der Waals surface area contributed by atoms with Crippen LogP contribution in [-0.4, -0.2) is 14.2 Å². The Morgan fingerprint density at radius 1 is 1.38 bits per heavy atom. The van der Waals surface area contributed by atoms with Gasteiger partial charge in [-0.25, -0.2) is 13.6 Å². The molecule has 0 aliphatic heterocycles. The Kier molecular flexibility index (Phi) is 3.07. The highest BCUT2D eigenvalue weighted by Gasteiger charge is 2.16. The summed E-state index contributed by atoms with van der Waals surface area (Å²) in [4.78, 5) is 0. The molecule has 0 radical (unpaired) electrons. The topological polar surface area (TPSA) is 83.9 Å². The molecule has 0 aromatic heterocycles. The van der Waals surface area contributed by atoms with Crippen LogP contribution in [0.5, 0.6) is 0 Å². The molecule has 0 aromatic carbocycles. The van der Waals surface area contributed by atoms with Gasteiger partial charge in [0.15, 0.2) is 0 Å². The third-order valence-electron chi connectivity index (χ3n) is 2.09. The Labute approximate surface area is 78.1 Å². The van der Waals surface area contributed by atoms with Gasteiger partial charge in [0.25, 0.3) is 0 Å². The second-order valence-corrected chi connectivity index (χ2v) is 4.82. The molecule has 0 fully saturated rings. The zero-order valence-corrected chi connectivity index (χ0v) is 8.10. The quantitative estimate of drug-likeness (QED) is 0.711. The predicted octanol–water partition coefficient (Wildman–Crippen LogP) is 0.669. The van der Waals surface area contributed by atoms with Gasteiger partial charge in [-0.15, -0.1) is 0 Å². The van der Waals surface area contributed by atoms with E-state index in [0.29, 0.717) is 24.0 Å². The fraction of sp³-hybridized carbons (Fsp3) is 0.625. The summed E-state index contributed by atoms with van der Waals surface area (Å²) in [5.41, 5.74) is 1.32. The van der Waals surface area contributed by atoms with Crippen molar-refractivity contribution < 1.29 is 8.42 Å². The zero-order valence-electron chi connectivity index (χ0n) is 7.28. The fourth-order valence-electron chi connectivity index (χ4n) is 1.50. The third kappa shape index (κ3) is 3.17. The molecule has 0 bridgehead atoms. The first kappa shape index (κ1) is 10.2. The number of sulfonamides is 1. The van der Waals surface area contributed by atoms with Crippen LogP contribution in [0, 0.1) is 11.3 Å². The predicted molar refractivity (Wildman–Crippen MR) is 49.1 cm³/mol. The van der Waals surface area contributed by atoms with E-state index in [2.05, 4.69) is 0 Å². The van der Waals surface area contributed by atoms with Crippen molar-refractivity contribution in [2.75, 3.05) is 5.75 Å². The Bertz CT molecular complexity index is 362. The molecule has 0 amide bonds. The molecule has 0 saturated carbocycles. The van der Waals surface area contributed by atoms with Crippen molar-refractivity contribution in [3.63, 3.8) is 0 Å². The highest BCUT2D eigenvalue weighted by atomic mass is 32.2. The van der Waals surface area contributed by atoms with Crippen LogP contribution in [-0.2, 0) is 10.0 Å². The minimum atomic E-state index is -3.48. The summed E-state index contributed by atoms with van der Waals surface area (Å²) in [5.74, 6) is -0.157. The first-order valence-corrected chi connectivity index (χ1v) is 5.86. The highest BCUT2D eigenvalue weighted by molar-refractivity contribution is 7.89. The maximum atomic E-state index is 10.8. The van der Waals surface area contributed by atoms with Gasteiger partial charge in [-0.1, -0.05) is 0 Å². The molecule has 1 aliphatic carbocycles. The van der Waals surface area contributed by atoms with Crippen molar-refractivity contribution in [3.8, 4) is 6.07 Å². The smallest absolute Gasteiger partial charge is 0.212 e. The Balaban J connectivity index is 2.88. The average Bonchev–Trinajstić information content (AvgIpc) is 2.02. The molecular weight excluding hydrogens is 188 g/mol. The summed E-state index contributed by atoms with van der Waals surface area (Å²) in [6.45, 7) is 0. The molecule has 5 heteroatoms. The molecule has 0 aromatic rings. The van der Waals surface area contributed by atoms with E-state index in [9.17, 15) is 8.42 Å². The van der Waals surface area contributed by atoms with Gasteiger partial charge in [0.2, 0.25) is 10.0 Å². The monoisotopic (exact) mass is 200 g/mol. The van der Waals surface area contributed by atoms with E-state index in [1.807, 2.05) is 6.07 Å². The minimum absolute atomic E-state index is 0.157. The van der Waals surface area contributed by atoms with E-state index in [1.54, 1.807) is 0 Å². The lowest BCUT2D eigenvalue weighted by molar-refractivity contribution is 0.596. The van der Waals surface area contributed by atoms with Crippen LogP contribution in [0.25, 0.3) is 0 Å². The van der Waals surface area contributed by atoms with Crippen molar-refractivity contribution in [3.05, 3.63) is 11.1 Å². The molecular formula is C8H12N2O2S. The number of nitriles is 1. The lowest BCUT2D eigenvalue weighted by Crippen LogP contribution is -2.19. The molecule has 0 heterocycles. The van der Waals surface area contributed by atoms with Crippen molar-refractivity contribution in [1.29, 1.82) is 5.26 Å². The second kappa shape index (κ2) is 3.90. The van der Waals surface area contributed by atoms with Crippen LogP contribution in [0.4, 0.5) is 0 Å². The van der Waals surface area contributed by atoms with E-state index in [0.717, 1.165) is 12.8 Å². The van der Waals surface area contributed by atoms with E-state index in [4.69, 9.17) is 10.4 Å². The number of nitrogens with two attached hydrogens (primary N) is 1. The number of rotatable bonds is 2. The molecule has 1 rings (SSSR count). The van der Waals surface area contributed by atoms with Crippen molar-refractivity contribution >= 4 is 10.0 Å². The minimum Gasteiger partial charge on any atom is -0.228 e. The van der Waals surface area contributed by atoms with Gasteiger partial charge in [-0.3, -0.25) is 0 Å². The maximum Gasteiger partial charge on any atom is 0.212 e. The molecule has 0 spiro atoms. The van der Waals surface area contributed by atoms with Crippen LogP contribution < -0.4 is 5.14 Å². The summed E-state index contributed by atoms with van der Waals surface area (Å²) in [7, 11) is -3.48. The summed E-state index contributed by atoms with van der Waals surface area (Å²) in [5, 5.41) is 13.6. The van der Waals surface area contributed by atoms with Crippen LogP contribution in [0.2, 0.25) is 0 Å². The fourth-order valence-corrected chi connectivity index (χ4v) is 2.31. The van der Waals surface area contributed by atoms with E-state index >= 15 is 0 Å². The first-order chi connectivity index (χ1) is 6.03. The lowest BCUT2D eigenvalue weighted by Gasteiger charge is -2.14. The standard InChI is InChI=1S/C8H12N2O2S/c9-5-7-3-1-2-4-8(7)6-13(10,11)12/h1-4,6H2,(H2,10,11,12). The van der Waals surface area contributed by atoms with Gasteiger partial charge in [-0.2, -0.15) is 5.26 Å². The van der Waals surface area contributed by atoms with Gasteiger partial charge < -0.3 is 0 Å². The van der Waals surface area contributed by atoms with E-state index < -0.39 is 10.0 Å². The number of primary sulfonamides is 1. The van der Waals surface area contributed by atoms with Crippen LogP contribution >= 0.6 is 0 Å². The van der Waals surface area contributed by atoms with Crippen LogP contribution in [0.15, 0.2) is 11.1 Å². The van der Waals surface area contributed by atoms with Crippen molar-refractivity contribution in [1.82, 2.24) is 0 Å². The Morgan fingerprint density at radius 3 is 2.54 bits per heavy atom. The van der Waals surface area contributed by atoms with Gasteiger partial charge in [-0.05, 0) is 31.3 Å². The average molecular weight is 200 g/mol. The number of nitrogens with zero attached hydrogens (tertiary/aromatic N) is 1. The van der Waals surface area contributed by atoms with Crippen molar-refractivity contribution in [2.24, 2.45) is 5.14 Å². The molecule has 0 unspecified atom stereocenters. The third-order valence-corrected chi connectivity index (χ3v) is 2.84.